The molecule has 2 N–H and O–H groups in total. The van der Waals surface area contributed by atoms with Gasteiger partial charge in [0.05, 0.1) is 11.4 Å². The molecule has 0 atom stereocenters. The summed E-state index contributed by atoms with van der Waals surface area (Å²) in [6.07, 6.45) is 5.93. The number of aromatic nitrogens is 2. The number of carbonyl (C=O) groups excluding carboxylic acids is 1. The van der Waals surface area contributed by atoms with Crippen molar-refractivity contribution in [1.29, 1.82) is 0 Å². The summed E-state index contributed by atoms with van der Waals surface area (Å²) in [4.78, 5) is 18.9. The fourth-order valence-electron chi connectivity index (χ4n) is 3.74. The summed E-state index contributed by atoms with van der Waals surface area (Å²) in [6.45, 7) is 3.45. The van der Waals surface area contributed by atoms with Crippen molar-refractivity contribution in [2.75, 3.05) is 23.8 Å². The van der Waals surface area contributed by atoms with Gasteiger partial charge in [0.1, 0.15) is 5.82 Å². The van der Waals surface area contributed by atoms with Gasteiger partial charge in [-0.1, -0.05) is 24.3 Å². The third kappa shape index (κ3) is 3.71. The fraction of sp³-hybridized carbons (Fsp3) is 0.273. The number of fused-ring (bicyclic) bond motifs is 1. The fourth-order valence-corrected chi connectivity index (χ4v) is 3.74. The molecule has 6 nitrogen and oxygen atoms in total. The molecule has 1 aromatic heterocycles. The lowest BCUT2D eigenvalue weighted by molar-refractivity contribution is 0.251. The van der Waals surface area contributed by atoms with Gasteiger partial charge in [0.15, 0.2) is 0 Å². The first-order valence-electron chi connectivity index (χ1n) is 9.59. The van der Waals surface area contributed by atoms with Crippen LogP contribution in [0, 0.1) is 6.92 Å². The van der Waals surface area contributed by atoms with E-state index in [1.54, 1.807) is 6.20 Å². The maximum atomic E-state index is 12.4. The van der Waals surface area contributed by atoms with Crippen LogP contribution in [0.4, 0.5) is 16.2 Å². The first-order valence-corrected chi connectivity index (χ1v) is 9.59. The summed E-state index contributed by atoms with van der Waals surface area (Å²) in [7, 11) is 2.07. The lowest BCUT2D eigenvalue weighted by Crippen LogP contribution is -2.31. The number of nitrogens with one attached hydrogen (secondary N) is 2. The zero-order valence-corrected chi connectivity index (χ0v) is 16.3. The normalized spacial score (nSPS) is 13.1. The van der Waals surface area contributed by atoms with Crippen molar-refractivity contribution in [2.24, 2.45) is 0 Å². The number of urea groups is 1. The van der Waals surface area contributed by atoms with Crippen LogP contribution in [0.3, 0.4) is 0 Å². The van der Waals surface area contributed by atoms with Crippen LogP contribution < -0.4 is 15.5 Å². The van der Waals surface area contributed by atoms with Crippen LogP contribution in [0.15, 0.2) is 54.9 Å². The second-order valence-corrected chi connectivity index (χ2v) is 7.16. The van der Waals surface area contributed by atoms with Crippen LogP contribution >= 0.6 is 0 Å². The van der Waals surface area contributed by atoms with Gasteiger partial charge in [0.2, 0.25) is 0 Å². The Morgan fingerprint density at radius 2 is 2.00 bits per heavy atom. The minimum Gasteiger partial charge on any atom is -0.373 e. The summed E-state index contributed by atoms with van der Waals surface area (Å²) < 4.78 is 2.03. The molecule has 0 radical (unpaired) electrons. The highest BCUT2D eigenvalue weighted by atomic mass is 16.2. The summed E-state index contributed by atoms with van der Waals surface area (Å²) in [5.74, 6) is 0.946. The van der Waals surface area contributed by atoms with Crippen molar-refractivity contribution in [3.05, 3.63) is 71.8 Å². The highest BCUT2D eigenvalue weighted by Gasteiger charge is 2.18. The van der Waals surface area contributed by atoms with Gasteiger partial charge in [0, 0.05) is 38.2 Å². The Labute approximate surface area is 165 Å². The van der Waals surface area contributed by atoms with Crippen LogP contribution in [0.25, 0.3) is 5.69 Å². The zero-order valence-electron chi connectivity index (χ0n) is 16.3. The molecule has 0 saturated carbocycles. The highest BCUT2D eigenvalue weighted by molar-refractivity contribution is 5.94. The van der Waals surface area contributed by atoms with Gasteiger partial charge in [-0.3, -0.25) is 0 Å². The predicted octanol–water partition coefficient (Wildman–Crippen LogP) is 3.88. The van der Waals surface area contributed by atoms with E-state index in [0.29, 0.717) is 6.54 Å². The number of carbonyl (C=O) groups is 1. The third-order valence-corrected chi connectivity index (χ3v) is 5.18. The van der Waals surface area contributed by atoms with Crippen molar-refractivity contribution >= 4 is 17.4 Å². The highest BCUT2D eigenvalue weighted by Crippen LogP contribution is 2.33. The second-order valence-electron chi connectivity index (χ2n) is 7.16. The van der Waals surface area contributed by atoms with E-state index in [2.05, 4.69) is 33.6 Å². The van der Waals surface area contributed by atoms with E-state index in [1.165, 1.54) is 5.56 Å². The molecule has 6 heteroatoms. The van der Waals surface area contributed by atoms with Crippen molar-refractivity contribution in [2.45, 2.75) is 26.3 Å². The Morgan fingerprint density at radius 3 is 2.75 bits per heavy atom. The van der Waals surface area contributed by atoms with Gasteiger partial charge in [-0.05, 0) is 49.1 Å². The van der Waals surface area contributed by atoms with Gasteiger partial charge in [0.25, 0.3) is 0 Å². The Balaban J connectivity index is 1.38. The molecule has 2 heterocycles. The maximum absolute atomic E-state index is 12.4. The summed E-state index contributed by atoms with van der Waals surface area (Å²) in [6, 6.07) is 14.0. The van der Waals surface area contributed by atoms with E-state index in [0.717, 1.165) is 47.8 Å². The largest absolute Gasteiger partial charge is 0.373 e. The number of amides is 2. The molecule has 28 heavy (non-hydrogen) atoms. The van der Waals surface area contributed by atoms with Crippen molar-refractivity contribution in [3.63, 3.8) is 0 Å². The Bertz CT molecular complexity index is 977. The van der Waals surface area contributed by atoms with Crippen LogP contribution in [0.2, 0.25) is 0 Å². The van der Waals surface area contributed by atoms with Gasteiger partial charge in [-0.2, -0.15) is 0 Å². The molecule has 144 valence electrons. The molecule has 1 aliphatic rings. The molecule has 0 spiro atoms. The number of nitrogens with zero attached hydrogens (tertiary/aromatic N) is 3. The minimum atomic E-state index is -0.193. The standard InChI is InChI=1S/C22H25N5O/c1-16-23-12-14-27(16)19-10-8-17(9-11-19)15-24-22(28)25-20-7-3-5-18-6-4-13-26(2)21(18)20/h3,5,7-12,14H,4,6,13,15H2,1-2H3,(H2,24,25,28). The van der Waals surface area contributed by atoms with Crippen LogP contribution in [-0.4, -0.2) is 29.2 Å². The predicted molar refractivity (Wildman–Crippen MR) is 112 cm³/mol. The average molecular weight is 375 g/mol. The van der Waals surface area contributed by atoms with Crippen LogP contribution in [-0.2, 0) is 13.0 Å². The Hall–Kier alpha value is -3.28. The van der Waals surface area contributed by atoms with E-state index in [9.17, 15) is 4.79 Å². The number of anilines is 2. The monoisotopic (exact) mass is 375 g/mol. The smallest absolute Gasteiger partial charge is 0.319 e. The molecule has 0 fully saturated rings. The number of aryl methyl sites for hydroxylation is 2. The number of hydrogen-bond donors (Lipinski definition) is 2. The van der Waals surface area contributed by atoms with Gasteiger partial charge >= 0.3 is 6.03 Å². The second kappa shape index (κ2) is 7.76. The molecule has 3 aromatic rings. The van der Waals surface area contributed by atoms with Crippen molar-refractivity contribution < 1.29 is 4.79 Å². The van der Waals surface area contributed by atoms with E-state index in [-0.39, 0.29) is 6.03 Å². The number of rotatable bonds is 4. The molecular formula is C22H25N5O. The molecule has 4 rings (SSSR count). The zero-order chi connectivity index (χ0) is 19.5. The SMILES string of the molecule is Cc1nccn1-c1ccc(CNC(=O)Nc2cccc3c2N(C)CCC3)cc1. The summed E-state index contributed by atoms with van der Waals surface area (Å²) >= 11 is 0. The van der Waals surface area contributed by atoms with E-state index >= 15 is 0 Å². The molecule has 0 aliphatic carbocycles. The quantitative estimate of drug-likeness (QED) is 0.727. The number of benzene rings is 2. The van der Waals surface area contributed by atoms with E-state index in [4.69, 9.17) is 0 Å². The molecular weight excluding hydrogens is 350 g/mol. The molecule has 2 aromatic carbocycles. The minimum absolute atomic E-state index is 0.193. The number of para-hydroxylation sites is 1. The molecule has 0 bridgehead atoms. The molecule has 2 amide bonds. The summed E-state index contributed by atoms with van der Waals surface area (Å²) in [5.41, 5.74) is 5.38. The Morgan fingerprint density at radius 1 is 1.18 bits per heavy atom. The van der Waals surface area contributed by atoms with Crippen molar-refractivity contribution in [3.8, 4) is 5.69 Å². The lowest BCUT2D eigenvalue weighted by Gasteiger charge is -2.29. The van der Waals surface area contributed by atoms with Crippen molar-refractivity contribution in [1.82, 2.24) is 14.9 Å². The molecule has 0 unspecified atom stereocenters. The van der Waals surface area contributed by atoms with Crippen LogP contribution in [0.5, 0.6) is 0 Å². The lowest BCUT2D eigenvalue weighted by atomic mass is 10.0. The topological polar surface area (TPSA) is 62.2 Å². The summed E-state index contributed by atoms with van der Waals surface area (Å²) in [5, 5.41) is 5.95. The van der Waals surface area contributed by atoms with E-state index < -0.39 is 0 Å². The van der Waals surface area contributed by atoms with Crippen LogP contribution in [0.1, 0.15) is 23.4 Å². The first-order chi connectivity index (χ1) is 13.6. The Kier molecular flexibility index (Phi) is 5.02. The first kappa shape index (κ1) is 18.1. The maximum Gasteiger partial charge on any atom is 0.319 e. The van der Waals surface area contributed by atoms with Gasteiger partial charge < -0.3 is 20.1 Å². The molecule has 1 aliphatic heterocycles. The average Bonchev–Trinajstić information content (AvgIpc) is 3.13. The van der Waals surface area contributed by atoms with E-state index in [1.807, 2.05) is 54.1 Å². The number of imidazole rings is 1. The molecule has 0 saturated heterocycles. The van der Waals surface area contributed by atoms with Gasteiger partial charge in [-0.25, -0.2) is 9.78 Å². The van der Waals surface area contributed by atoms with Gasteiger partial charge in [-0.15, -0.1) is 0 Å². The number of hydrogen-bond acceptors (Lipinski definition) is 3. The third-order valence-electron chi connectivity index (χ3n) is 5.18.